The highest BCUT2D eigenvalue weighted by Crippen LogP contribution is 2.11. The molecule has 6 nitrogen and oxygen atoms in total. The fourth-order valence-electron chi connectivity index (χ4n) is 3.63. The highest BCUT2D eigenvalue weighted by Gasteiger charge is 2.01. The van der Waals surface area contributed by atoms with Gasteiger partial charge in [-0.05, 0) is 31.7 Å². The summed E-state index contributed by atoms with van der Waals surface area (Å²) in [6, 6.07) is 0.372. The average molecular weight is 537 g/mol. The van der Waals surface area contributed by atoms with Crippen molar-refractivity contribution in [3.8, 4) is 0 Å². The van der Waals surface area contributed by atoms with Gasteiger partial charge in [0, 0.05) is 24.8 Å². The largest absolute Gasteiger partial charge is 0.355 e. The van der Waals surface area contributed by atoms with Crippen LogP contribution in [-0.4, -0.2) is 51.1 Å². The fourth-order valence-corrected chi connectivity index (χ4v) is 3.63. The van der Waals surface area contributed by atoms with E-state index in [1.54, 1.807) is 7.05 Å². The van der Waals surface area contributed by atoms with Crippen molar-refractivity contribution in [3.05, 3.63) is 0 Å². The predicted octanol–water partition coefficient (Wildman–Crippen LogP) is 7.82. The van der Waals surface area contributed by atoms with Gasteiger partial charge >= 0.3 is 0 Å². The molecule has 0 aromatic rings. The van der Waals surface area contributed by atoms with E-state index in [0.29, 0.717) is 19.1 Å². The Morgan fingerprint density at radius 1 is 0.568 bits per heavy atom. The number of nitrogens with one attached hydrogen (secondary N) is 4. The Labute approximate surface area is 238 Å². The van der Waals surface area contributed by atoms with Crippen LogP contribution >= 0.6 is 0 Å². The van der Waals surface area contributed by atoms with Crippen LogP contribution in [0.4, 0.5) is 0 Å². The molecular formula is C31H76N4O2. The van der Waals surface area contributed by atoms with E-state index in [9.17, 15) is 9.59 Å². The minimum atomic E-state index is 0. The summed E-state index contributed by atoms with van der Waals surface area (Å²) in [6.45, 7) is 19.7. The van der Waals surface area contributed by atoms with Gasteiger partial charge in [-0.2, -0.15) is 0 Å². The Hall–Kier alpha value is -1.14. The zero-order valence-electron chi connectivity index (χ0n) is 26.6. The molecule has 0 aliphatic heterocycles. The molecule has 0 saturated carbocycles. The highest BCUT2D eigenvalue weighted by molar-refractivity contribution is 5.78. The first-order valence-electron chi connectivity index (χ1n) is 15.6. The maximum atomic E-state index is 11.4. The van der Waals surface area contributed by atoms with Crippen molar-refractivity contribution in [1.29, 1.82) is 0 Å². The van der Waals surface area contributed by atoms with Gasteiger partial charge in [-0.3, -0.25) is 9.59 Å². The van der Waals surface area contributed by atoms with Crippen molar-refractivity contribution in [2.75, 3.05) is 33.2 Å². The lowest BCUT2D eigenvalue weighted by Gasteiger charge is -2.08. The fraction of sp³-hybridized carbons (Fsp3) is 0.935. The zero-order valence-corrected chi connectivity index (χ0v) is 26.6. The van der Waals surface area contributed by atoms with Crippen molar-refractivity contribution in [1.82, 2.24) is 21.3 Å². The molecule has 0 spiro atoms. The first kappa shape index (κ1) is 40.4. The lowest BCUT2D eigenvalue weighted by Crippen LogP contribution is -2.37. The van der Waals surface area contributed by atoms with Crippen molar-refractivity contribution in [3.63, 3.8) is 0 Å². The second-order valence-corrected chi connectivity index (χ2v) is 11.0. The topological polar surface area (TPSA) is 82.3 Å². The number of likely N-dealkylation sites (N-methyl/N-ethyl adjacent to an activating group) is 1. The summed E-state index contributed by atoms with van der Waals surface area (Å²) in [6.07, 6.45) is 16.8. The molecule has 0 saturated heterocycles. The van der Waals surface area contributed by atoms with E-state index < -0.39 is 0 Å². The minimum Gasteiger partial charge on any atom is -0.355 e. The van der Waals surface area contributed by atoms with Gasteiger partial charge in [0.1, 0.15) is 0 Å². The third kappa shape index (κ3) is 42.2. The number of unbranched alkanes of at least 4 members (excludes halogenated alkanes) is 9. The summed E-state index contributed by atoms with van der Waals surface area (Å²) < 4.78 is 0. The van der Waals surface area contributed by atoms with Gasteiger partial charge in [0.25, 0.3) is 0 Å². The number of carbonyl (C=O) groups excluding carboxylic acids is 2. The van der Waals surface area contributed by atoms with Crippen LogP contribution in [0.2, 0.25) is 0 Å². The Morgan fingerprint density at radius 3 is 1.27 bits per heavy atom. The van der Waals surface area contributed by atoms with Crippen LogP contribution in [0.15, 0.2) is 0 Å². The predicted molar refractivity (Wildman–Crippen MR) is 173 cm³/mol. The normalized spacial score (nSPS) is 10.6. The molecule has 0 aromatic carbocycles. The molecule has 232 valence electrons. The highest BCUT2D eigenvalue weighted by atomic mass is 16.2. The van der Waals surface area contributed by atoms with Crippen molar-refractivity contribution in [2.24, 2.45) is 11.8 Å². The van der Waals surface area contributed by atoms with Gasteiger partial charge in [0.15, 0.2) is 0 Å². The van der Waals surface area contributed by atoms with E-state index in [4.69, 9.17) is 0 Å². The summed E-state index contributed by atoms with van der Waals surface area (Å²) >= 11 is 0. The number of hydrogen-bond donors (Lipinski definition) is 4. The Balaban J connectivity index is -0.0000000982. The van der Waals surface area contributed by atoms with Crippen molar-refractivity contribution >= 4 is 11.8 Å². The molecule has 0 atom stereocenters. The summed E-state index contributed by atoms with van der Waals surface area (Å²) in [5.41, 5.74) is 0. The molecule has 0 bridgehead atoms. The molecule has 0 fully saturated rings. The van der Waals surface area contributed by atoms with Crippen LogP contribution in [0, 0.1) is 11.8 Å². The summed E-state index contributed by atoms with van der Waals surface area (Å²) in [7, 11) is 1.79. The van der Waals surface area contributed by atoms with Crippen molar-refractivity contribution < 1.29 is 15.3 Å². The van der Waals surface area contributed by atoms with E-state index in [-0.39, 0.29) is 17.5 Å². The molecule has 0 rings (SSSR count). The summed E-state index contributed by atoms with van der Waals surface area (Å²) in [5.74, 6) is 1.89. The minimum absolute atomic E-state index is 0. The summed E-state index contributed by atoms with van der Waals surface area (Å²) in [4.78, 5) is 22.5. The third-order valence-corrected chi connectivity index (χ3v) is 5.82. The molecule has 0 aromatic heterocycles. The molecule has 0 heterocycles. The van der Waals surface area contributed by atoms with Crippen LogP contribution in [0.3, 0.4) is 0 Å². The Morgan fingerprint density at radius 2 is 0.919 bits per heavy atom. The molecule has 37 heavy (non-hydrogen) atoms. The Kier molecular flexibility index (Phi) is 35.9. The van der Waals surface area contributed by atoms with E-state index in [1.165, 1.54) is 70.6 Å². The number of carbonyl (C=O) groups is 2. The quantitative estimate of drug-likeness (QED) is 0.106. The first-order chi connectivity index (χ1) is 17.7. The molecule has 0 unspecified atom stereocenters. The van der Waals surface area contributed by atoms with Gasteiger partial charge in [-0.15, -0.1) is 0 Å². The van der Waals surface area contributed by atoms with Gasteiger partial charge in [0.05, 0.1) is 13.1 Å². The second kappa shape index (κ2) is 32.9. The first-order valence-corrected chi connectivity index (χ1v) is 15.6. The van der Waals surface area contributed by atoms with Crippen LogP contribution in [0.5, 0.6) is 0 Å². The lowest BCUT2D eigenvalue weighted by atomic mass is 10.0. The molecule has 6 heteroatoms. The molecule has 0 radical (unpaired) electrons. The number of rotatable bonds is 22. The van der Waals surface area contributed by atoms with Gasteiger partial charge in [-0.1, -0.05) is 126 Å². The van der Waals surface area contributed by atoms with Gasteiger partial charge in [0.2, 0.25) is 11.8 Å². The van der Waals surface area contributed by atoms with Crippen LogP contribution < -0.4 is 21.3 Å². The van der Waals surface area contributed by atoms with Crippen LogP contribution in [-0.2, 0) is 9.59 Å². The van der Waals surface area contributed by atoms with Crippen molar-refractivity contribution in [2.45, 2.75) is 145 Å². The number of amides is 2. The molecular weight excluding hydrogens is 460 g/mol. The molecule has 0 aliphatic carbocycles. The standard InChI is InChI=1S/C16H34N2O.C13H28N2O.C2H6.4H2/c1-14(2)11-9-7-5-6-8-10-12-17-16(19)13-18-15(3)4;1-12(2)9-7-5-4-6-8-10-15-13(16)11-14-3;1-2;;;;/h14-15,18H,5-13H2,1-4H3,(H,17,19);12,14H,4-11H2,1-3H3,(H,15,16);1-2H3;4*1H. The number of hydrogen-bond acceptors (Lipinski definition) is 4. The average Bonchev–Trinajstić information content (AvgIpc) is 2.84. The maximum absolute atomic E-state index is 11.4. The third-order valence-electron chi connectivity index (χ3n) is 5.82. The van der Waals surface area contributed by atoms with E-state index in [1.807, 2.05) is 27.7 Å². The van der Waals surface area contributed by atoms with E-state index in [2.05, 4.69) is 49.0 Å². The lowest BCUT2D eigenvalue weighted by molar-refractivity contribution is -0.121. The summed E-state index contributed by atoms with van der Waals surface area (Å²) in [5, 5.41) is 11.8. The van der Waals surface area contributed by atoms with Crippen LogP contribution in [0.25, 0.3) is 0 Å². The molecule has 0 aliphatic rings. The Bertz CT molecular complexity index is 487. The second-order valence-electron chi connectivity index (χ2n) is 11.0. The van der Waals surface area contributed by atoms with E-state index in [0.717, 1.165) is 37.8 Å². The smallest absolute Gasteiger partial charge is 0.233 e. The van der Waals surface area contributed by atoms with Gasteiger partial charge < -0.3 is 21.3 Å². The van der Waals surface area contributed by atoms with E-state index >= 15 is 0 Å². The van der Waals surface area contributed by atoms with Crippen LogP contribution in [0.1, 0.15) is 145 Å². The van der Waals surface area contributed by atoms with Gasteiger partial charge in [-0.25, -0.2) is 0 Å². The molecule has 4 N–H and O–H groups in total. The zero-order chi connectivity index (χ0) is 28.7. The molecule has 2 amide bonds. The monoisotopic (exact) mass is 537 g/mol. The maximum Gasteiger partial charge on any atom is 0.233 e. The SMILES string of the molecule is CC.CC(C)CCCCCCCCNC(=O)CNC(C)C.CNCC(=O)NCCCCCCCC(C)C.[HH].[HH].[HH].[HH].